The third kappa shape index (κ3) is 5.30. The number of rotatable bonds is 8. The SMILES string of the molecule is CCCCCCc1ccc(-c2c3ccccc3c(-c3ccc(C)cc3)c3ccc(B4OC(C)(C)C(C)(C)O4)cc23)cc1. The van der Waals surface area contributed by atoms with Crippen molar-refractivity contribution in [1.82, 2.24) is 0 Å². The Morgan fingerprint density at radius 1 is 0.595 bits per heavy atom. The molecule has 1 saturated heterocycles. The van der Waals surface area contributed by atoms with E-state index in [1.807, 2.05) is 0 Å². The minimum absolute atomic E-state index is 0.390. The monoisotopic (exact) mass is 554 g/mol. The molecule has 0 spiro atoms. The first-order valence-electron chi connectivity index (χ1n) is 15.7. The van der Waals surface area contributed by atoms with Gasteiger partial charge in [-0.15, -0.1) is 0 Å². The van der Waals surface area contributed by atoms with Gasteiger partial charge in [0.2, 0.25) is 0 Å². The van der Waals surface area contributed by atoms with Crippen LogP contribution >= 0.6 is 0 Å². The summed E-state index contributed by atoms with van der Waals surface area (Å²) in [5, 5.41) is 5.02. The highest BCUT2D eigenvalue weighted by molar-refractivity contribution is 6.62. The van der Waals surface area contributed by atoms with E-state index in [0.29, 0.717) is 0 Å². The Balaban J connectivity index is 1.56. The molecule has 1 aliphatic heterocycles. The van der Waals surface area contributed by atoms with Crippen LogP contribution in [0, 0.1) is 6.92 Å². The number of hydrogen-bond acceptors (Lipinski definition) is 2. The summed E-state index contributed by atoms with van der Waals surface area (Å²) in [7, 11) is -0.410. The Bertz CT molecular complexity index is 1700. The molecular weight excluding hydrogens is 511 g/mol. The maximum atomic E-state index is 6.51. The van der Waals surface area contributed by atoms with E-state index in [1.165, 1.54) is 80.6 Å². The van der Waals surface area contributed by atoms with Crippen molar-refractivity contribution >= 4 is 34.1 Å². The Morgan fingerprint density at radius 3 is 1.74 bits per heavy atom. The van der Waals surface area contributed by atoms with Gasteiger partial charge < -0.3 is 9.31 Å². The van der Waals surface area contributed by atoms with Gasteiger partial charge in [-0.05, 0) is 102 Å². The molecule has 0 aromatic heterocycles. The van der Waals surface area contributed by atoms with Gasteiger partial charge in [-0.1, -0.05) is 123 Å². The molecule has 1 heterocycles. The first kappa shape index (κ1) is 28.7. The van der Waals surface area contributed by atoms with Crippen molar-refractivity contribution in [3.05, 3.63) is 102 Å². The molecular formula is C39H43BO2. The van der Waals surface area contributed by atoms with Crippen LogP contribution in [0.15, 0.2) is 91.0 Å². The number of unbranched alkanes of at least 4 members (excludes halogenated alkanes) is 3. The van der Waals surface area contributed by atoms with E-state index in [9.17, 15) is 0 Å². The summed E-state index contributed by atoms with van der Waals surface area (Å²) < 4.78 is 13.0. The average molecular weight is 555 g/mol. The molecule has 1 aliphatic rings. The zero-order valence-electron chi connectivity index (χ0n) is 26.1. The average Bonchev–Trinajstić information content (AvgIpc) is 3.21. The predicted molar refractivity (Wildman–Crippen MR) is 181 cm³/mol. The molecule has 0 aliphatic carbocycles. The summed E-state index contributed by atoms with van der Waals surface area (Å²) in [5.41, 5.74) is 7.98. The maximum absolute atomic E-state index is 6.51. The van der Waals surface area contributed by atoms with Crippen LogP contribution in [0.3, 0.4) is 0 Å². The largest absolute Gasteiger partial charge is 0.494 e. The molecule has 5 aromatic rings. The van der Waals surface area contributed by atoms with Crippen molar-refractivity contribution in [2.24, 2.45) is 0 Å². The second-order valence-electron chi connectivity index (χ2n) is 13.1. The Morgan fingerprint density at radius 2 is 1.14 bits per heavy atom. The topological polar surface area (TPSA) is 18.5 Å². The molecule has 0 atom stereocenters. The van der Waals surface area contributed by atoms with Crippen molar-refractivity contribution in [3.8, 4) is 22.3 Å². The number of aryl methyl sites for hydroxylation is 2. The van der Waals surface area contributed by atoms with Crippen LogP contribution in [-0.4, -0.2) is 18.3 Å². The van der Waals surface area contributed by atoms with E-state index < -0.39 is 18.3 Å². The van der Waals surface area contributed by atoms with Crippen LogP contribution in [0.25, 0.3) is 43.8 Å². The van der Waals surface area contributed by atoms with E-state index in [1.54, 1.807) is 0 Å². The van der Waals surface area contributed by atoms with Crippen LogP contribution in [0.4, 0.5) is 0 Å². The second-order valence-corrected chi connectivity index (χ2v) is 13.1. The van der Waals surface area contributed by atoms with E-state index in [0.717, 1.165) is 11.9 Å². The fraction of sp³-hybridized carbons (Fsp3) is 0.333. The van der Waals surface area contributed by atoms with Crippen LogP contribution in [0.5, 0.6) is 0 Å². The molecule has 1 fully saturated rings. The third-order valence-corrected chi connectivity index (χ3v) is 9.48. The van der Waals surface area contributed by atoms with Gasteiger partial charge in [0, 0.05) is 0 Å². The smallest absolute Gasteiger partial charge is 0.399 e. The van der Waals surface area contributed by atoms with Crippen molar-refractivity contribution in [2.45, 2.75) is 84.8 Å². The zero-order valence-corrected chi connectivity index (χ0v) is 26.1. The highest BCUT2D eigenvalue weighted by Crippen LogP contribution is 2.44. The highest BCUT2D eigenvalue weighted by atomic mass is 16.7. The van der Waals surface area contributed by atoms with Gasteiger partial charge in [0.25, 0.3) is 0 Å². The Hall–Kier alpha value is -3.40. The maximum Gasteiger partial charge on any atom is 0.494 e. The standard InChI is InChI=1S/C39H43BO2/c1-7-8-9-10-13-28-18-22-30(23-19-28)37-33-15-12-11-14-32(33)36(29-20-16-27(2)17-21-29)34-25-24-31(26-35(34)37)40-41-38(3,4)39(5,6)42-40/h11-12,14-26H,7-10,13H2,1-6H3. The van der Waals surface area contributed by atoms with Gasteiger partial charge in [-0.2, -0.15) is 0 Å². The lowest BCUT2D eigenvalue weighted by Crippen LogP contribution is -2.41. The van der Waals surface area contributed by atoms with Gasteiger partial charge in [0.1, 0.15) is 0 Å². The number of fused-ring (bicyclic) bond motifs is 2. The van der Waals surface area contributed by atoms with E-state index in [-0.39, 0.29) is 0 Å². The van der Waals surface area contributed by atoms with Crippen LogP contribution in [-0.2, 0) is 15.7 Å². The minimum Gasteiger partial charge on any atom is -0.399 e. The summed E-state index contributed by atoms with van der Waals surface area (Å²) in [5.74, 6) is 0. The molecule has 0 unspecified atom stereocenters. The zero-order chi connectivity index (χ0) is 29.5. The highest BCUT2D eigenvalue weighted by Gasteiger charge is 2.51. The van der Waals surface area contributed by atoms with E-state index in [2.05, 4.69) is 133 Å². The Labute approximate surface area is 252 Å². The number of hydrogen-bond donors (Lipinski definition) is 0. The molecule has 0 radical (unpaired) electrons. The van der Waals surface area contributed by atoms with Crippen molar-refractivity contribution < 1.29 is 9.31 Å². The molecule has 5 aromatic carbocycles. The fourth-order valence-corrected chi connectivity index (χ4v) is 6.26. The Kier molecular flexibility index (Phi) is 7.76. The van der Waals surface area contributed by atoms with Crippen molar-refractivity contribution in [3.63, 3.8) is 0 Å². The number of benzene rings is 5. The lowest BCUT2D eigenvalue weighted by atomic mass is 9.76. The first-order chi connectivity index (χ1) is 20.2. The second kappa shape index (κ2) is 11.4. The molecule has 3 heteroatoms. The van der Waals surface area contributed by atoms with Gasteiger partial charge >= 0.3 is 7.12 Å². The molecule has 0 amide bonds. The summed E-state index contributed by atoms with van der Waals surface area (Å²) in [4.78, 5) is 0. The lowest BCUT2D eigenvalue weighted by Gasteiger charge is -2.32. The predicted octanol–water partition coefficient (Wildman–Crippen LogP) is 10.1. The summed E-state index contributed by atoms with van der Waals surface area (Å²) in [6.45, 7) is 12.9. The summed E-state index contributed by atoms with van der Waals surface area (Å²) in [6.07, 6.45) is 6.28. The van der Waals surface area contributed by atoms with E-state index >= 15 is 0 Å². The first-order valence-corrected chi connectivity index (χ1v) is 15.7. The van der Waals surface area contributed by atoms with Gasteiger partial charge in [-0.3, -0.25) is 0 Å². The van der Waals surface area contributed by atoms with Gasteiger partial charge in [-0.25, -0.2) is 0 Å². The molecule has 0 bridgehead atoms. The quantitative estimate of drug-likeness (QED) is 0.108. The van der Waals surface area contributed by atoms with E-state index in [4.69, 9.17) is 9.31 Å². The van der Waals surface area contributed by atoms with Crippen molar-refractivity contribution in [2.75, 3.05) is 0 Å². The normalized spacial score (nSPS) is 16.0. The fourth-order valence-electron chi connectivity index (χ4n) is 6.26. The van der Waals surface area contributed by atoms with Crippen molar-refractivity contribution in [1.29, 1.82) is 0 Å². The molecule has 0 saturated carbocycles. The summed E-state index contributed by atoms with van der Waals surface area (Å²) in [6, 6.07) is 33.9. The van der Waals surface area contributed by atoms with Crippen LogP contribution in [0.1, 0.15) is 71.4 Å². The molecule has 2 nitrogen and oxygen atoms in total. The minimum atomic E-state index is -0.410. The molecule has 0 N–H and O–H groups in total. The van der Waals surface area contributed by atoms with Gasteiger partial charge in [0.15, 0.2) is 0 Å². The van der Waals surface area contributed by atoms with Gasteiger partial charge in [0.05, 0.1) is 11.2 Å². The lowest BCUT2D eigenvalue weighted by molar-refractivity contribution is 0.00578. The summed E-state index contributed by atoms with van der Waals surface area (Å²) >= 11 is 0. The van der Waals surface area contributed by atoms with Crippen LogP contribution in [0.2, 0.25) is 0 Å². The molecule has 214 valence electrons. The van der Waals surface area contributed by atoms with Crippen LogP contribution < -0.4 is 5.46 Å². The molecule has 6 rings (SSSR count). The molecule has 42 heavy (non-hydrogen) atoms. The third-order valence-electron chi connectivity index (χ3n) is 9.48.